The number of carbonyl (C=O) groups is 2. The fourth-order valence-corrected chi connectivity index (χ4v) is 5.05. The van der Waals surface area contributed by atoms with Gasteiger partial charge in [0.15, 0.2) is 5.65 Å². The Bertz CT molecular complexity index is 1450. The highest BCUT2D eigenvalue weighted by atomic mass is 16.5. The number of imide groups is 1. The Hall–Kier alpha value is -4.67. The van der Waals surface area contributed by atoms with Crippen LogP contribution in [0.25, 0.3) is 11.2 Å². The van der Waals surface area contributed by atoms with Gasteiger partial charge >= 0.3 is 6.03 Å². The highest BCUT2D eigenvalue weighted by Gasteiger charge is 2.30. The van der Waals surface area contributed by atoms with Crippen LogP contribution in [0.2, 0.25) is 0 Å². The van der Waals surface area contributed by atoms with Gasteiger partial charge in [-0.15, -0.1) is 0 Å². The Labute approximate surface area is 219 Å². The van der Waals surface area contributed by atoms with Crippen molar-refractivity contribution >= 4 is 40.6 Å². The average molecular weight is 513 g/mol. The van der Waals surface area contributed by atoms with Gasteiger partial charge in [-0.25, -0.2) is 24.6 Å². The van der Waals surface area contributed by atoms with Crippen LogP contribution in [0, 0.1) is 0 Å². The maximum absolute atomic E-state index is 11.9. The van der Waals surface area contributed by atoms with Gasteiger partial charge in [0.2, 0.25) is 5.95 Å². The second kappa shape index (κ2) is 10.0. The molecule has 0 radical (unpaired) electrons. The summed E-state index contributed by atoms with van der Waals surface area (Å²) in [5, 5.41) is 9.65. The average Bonchev–Trinajstić information content (AvgIpc) is 3.62. The minimum Gasteiger partial charge on any atom is -0.497 e. The van der Waals surface area contributed by atoms with E-state index < -0.39 is 6.03 Å². The van der Waals surface area contributed by atoms with E-state index in [0.717, 1.165) is 52.6 Å². The highest BCUT2D eigenvalue weighted by Crippen LogP contribution is 2.28. The Morgan fingerprint density at radius 3 is 2.55 bits per heavy atom. The fourth-order valence-electron chi connectivity index (χ4n) is 5.05. The van der Waals surface area contributed by atoms with E-state index in [1.807, 2.05) is 24.3 Å². The number of urea groups is 1. The van der Waals surface area contributed by atoms with Crippen molar-refractivity contribution in [1.29, 1.82) is 0 Å². The molecule has 2 fully saturated rings. The number of imidazole rings is 1. The fraction of sp³-hybridized carbons (Fsp3) is 0.296. The number of amides is 3. The topological polar surface area (TPSA) is 126 Å². The summed E-state index contributed by atoms with van der Waals surface area (Å²) in [6.07, 6.45) is 6.20. The molecule has 2 atom stereocenters. The maximum Gasteiger partial charge on any atom is 0.329 e. The van der Waals surface area contributed by atoms with Gasteiger partial charge < -0.3 is 20.7 Å². The molecule has 11 nitrogen and oxygen atoms in total. The number of carbonyl (C=O) groups excluding carboxylic acids is 2. The predicted molar refractivity (Wildman–Crippen MR) is 143 cm³/mol. The van der Waals surface area contributed by atoms with Crippen molar-refractivity contribution in [2.24, 2.45) is 0 Å². The summed E-state index contributed by atoms with van der Waals surface area (Å²) in [4.78, 5) is 38.8. The number of ether oxygens (including phenoxy) is 1. The van der Waals surface area contributed by atoms with Crippen LogP contribution in [-0.2, 0) is 11.3 Å². The summed E-state index contributed by atoms with van der Waals surface area (Å²) in [7, 11) is 1.66. The van der Waals surface area contributed by atoms with Gasteiger partial charge in [0.1, 0.15) is 17.1 Å². The molecular weight excluding hydrogens is 484 g/mol. The van der Waals surface area contributed by atoms with Gasteiger partial charge in [0.05, 0.1) is 32.1 Å². The van der Waals surface area contributed by atoms with Crippen LogP contribution in [0.4, 0.5) is 22.2 Å². The van der Waals surface area contributed by atoms with Crippen molar-refractivity contribution in [2.45, 2.75) is 37.9 Å². The normalized spacial score (nSPS) is 19.1. The van der Waals surface area contributed by atoms with Gasteiger partial charge in [-0.05, 0) is 61.2 Å². The third kappa shape index (κ3) is 4.70. The molecule has 11 heteroatoms. The largest absolute Gasteiger partial charge is 0.497 e. The zero-order chi connectivity index (χ0) is 26.1. The Balaban J connectivity index is 1.13. The molecule has 0 bridgehead atoms. The van der Waals surface area contributed by atoms with Gasteiger partial charge in [-0.1, -0.05) is 12.1 Å². The lowest BCUT2D eigenvalue weighted by Gasteiger charge is -2.17. The van der Waals surface area contributed by atoms with E-state index in [-0.39, 0.29) is 24.5 Å². The van der Waals surface area contributed by atoms with Crippen LogP contribution in [0.1, 0.15) is 24.8 Å². The number of benzene rings is 1. The van der Waals surface area contributed by atoms with E-state index in [2.05, 4.69) is 42.6 Å². The first-order chi connectivity index (χ1) is 18.6. The smallest absolute Gasteiger partial charge is 0.329 e. The minimum atomic E-state index is -0.421. The van der Waals surface area contributed by atoms with Crippen molar-refractivity contribution in [1.82, 2.24) is 24.8 Å². The molecular formula is C27H28N8O3. The van der Waals surface area contributed by atoms with Crippen molar-refractivity contribution in [2.75, 3.05) is 29.2 Å². The number of aromatic nitrogens is 4. The lowest BCUT2D eigenvalue weighted by atomic mass is 10.2. The molecule has 3 aromatic heterocycles. The van der Waals surface area contributed by atoms with E-state index in [4.69, 9.17) is 9.72 Å². The molecule has 1 saturated carbocycles. The molecule has 4 aromatic rings. The number of rotatable bonds is 8. The molecule has 1 aliphatic carbocycles. The predicted octanol–water partition coefficient (Wildman–Crippen LogP) is 3.38. The lowest BCUT2D eigenvalue weighted by Crippen LogP contribution is -2.30. The summed E-state index contributed by atoms with van der Waals surface area (Å²) in [5.41, 5.74) is 3.29. The monoisotopic (exact) mass is 512 g/mol. The molecule has 38 heavy (non-hydrogen) atoms. The Kier molecular flexibility index (Phi) is 6.24. The summed E-state index contributed by atoms with van der Waals surface area (Å²) in [5.74, 6) is 2.05. The van der Waals surface area contributed by atoms with E-state index in [0.29, 0.717) is 18.1 Å². The van der Waals surface area contributed by atoms with Gasteiger partial charge in [-0.2, -0.15) is 0 Å². The first-order valence-electron chi connectivity index (χ1n) is 12.6. The van der Waals surface area contributed by atoms with E-state index in [1.165, 1.54) is 0 Å². The summed E-state index contributed by atoms with van der Waals surface area (Å²) < 4.78 is 7.41. The quantitative estimate of drug-likeness (QED) is 0.307. The third-order valence-corrected chi connectivity index (χ3v) is 6.97. The number of anilines is 3. The van der Waals surface area contributed by atoms with E-state index in [1.54, 1.807) is 31.6 Å². The second-order valence-corrected chi connectivity index (χ2v) is 9.50. The molecule has 3 N–H and O–H groups in total. The maximum atomic E-state index is 11.9. The molecule has 6 rings (SSSR count). The molecule has 2 aliphatic rings. The first-order valence-corrected chi connectivity index (χ1v) is 12.6. The van der Waals surface area contributed by atoms with Crippen LogP contribution in [0.15, 0.2) is 60.9 Å². The molecule has 1 aromatic carbocycles. The van der Waals surface area contributed by atoms with Crippen molar-refractivity contribution in [3.63, 3.8) is 0 Å². The van der Waals surface area contributed by atoms with Crippen LogP contribution in [-0.4, -0.2) is 57.2 Å². The molecule has 1 aliphatic heterocycles. The molecule has 0 spiro atoms. The summed E-state index contributed by atoms with van der Waals surface area (Å²) in [6, 6.07) is 15.5. The Morgan fingerprint density at radius 1 is 1.03 bits per heavy atom. The molecule has 3 amide bonds. The van der Waals surface area contributed by atoms with E-state index >= 15 is 0 Å². The van der Waals surface area contributed by atoms with Crippen LogP contribution in [0.5, 0.6) is 5.75 Å². The standard InChI is InChI=1S/C27H28N8O3/c1-38-21-9-4-17(5-10-21)16-34-25-22(3-2-12-28-25)33-26(34)32-19-7-6-18(13-19)31-23-11-8-20(14-29-23)35-24(36)15-30-27(35)37/h2-5,8-12,14,18-19H,6-7,13,15-16H2,1H3,(H,29,31)(H,30,37)(H,32,33)/t18-,19-/m0/s1. The van der Waals surface area contributed by atoms with Crippen LogP contribution >= 0.6 is 0 Å². The number of fused-ring (bicyclic) bond motifs is 1. The minimum absolute atomic E-state index is 0.0132. The number of nitrogens with zero attached hydrogens (tertiary/aromatic N) is 5. The van der Waals surface area contributed by atoms with Crippen molar-refractivity contribution < 1.29 is 14.3 Å². The Morgan fingerprint density at radius 2 is 1.84 bits per heavy atom. The second-order valence-electron chi connectivity index (χ2n) is 9.50. The third-order valence-electron chi connectivity index (χ3n) is 6.97. The van der Waals surface area contributed by atoms with Crippen LogP contribution in [0.3, 0.4) is 0 Å². The van der Waals surface area contributed by atoms with Crippen molar-refractivity contribution in [3.05, 3.63) is 66.5 Å². The number of pyridine rings is 2. The van der Waals surface area contributed by atoms with Gasteiger partial charge in [0.25, 0.3) is 5.91 Å². The SMILES string of the molecule is COc1ccc(Cn2c(N[C@H]3CC[C@H](Nc4ccc(N5C(=O)CNC5=O)cn4)C3)nc3cccnc32)cc1. The van der Waals surface area contributed by atoms with Gasteiger partial charge in [0, 0.05) is 18.3 Å². The highest BCUT2D eigenvalue weighted by molar-refractivity contribution is 6.19. The zero-order valence-electron chi connectivity index (χ0n) is 20.9. The summed E-state index contributed by atoms with van der Waals surface area (Å²) >= 11 is 0. The number of hydrogen-bond donors (Lipinski definition) is 3. The van der Waals surface area contributed by atoms with Gasteiger partial charge in [-0.3, -0.25) is 9.36 Å². The van der Waals surface area contributed by atoms with Crippen molar-refractivity contribution in [3.8, 4) is 5.75 Å². The molecule has 1 saturated heterocycles. The molecule has 4 heterocycles. The first kappa shape index (κ1) is 23.7. The zero-order valence-corrected chi connectivity index (χ0v) is 20.9. The molecule has 0 unspecified atom stereocenters. The van der Waals surface area contributed by atoms with Crippen LogP contribution < -0.4 is 25.6 Å². The lowest BCUT2D eigenvalue weighted by molar-refractivity contribution is -0.115. The molecule has 194 valence electrons. The number of nitrogens with one attached hydrogen (secondary N) is 3. The number of methoxy groups -OCH3 is 1. The summed E-state index contributed by atoms with van der Waals surface area (Å²) in [6.45, 7) is 0.654. The number of hydrogen-bond acceptors (Lipinski definition) is 8. The van der Waals surface area contributed by atoms with E-state index in [9.17, 15) is 9.59 Å².